The van der Waals surface area contributed by atoms with Crippen LogP contribution in [0, 0.1) is 0 Å². The lowest BCUT2D eigenvalue weighted by atomic mass is 10.0. The quantitative estimate of drug-likeness (QED) is 0.0539. The van der Waals surface area contributed by atoms with Crippen LogP contribution in [-0.2, 0) is 43.2 Å². The van der Waals surface area contributed by atoms with E-state index in [-0.39, 0.29) is 32.4 Å². The van der Waals surface area contributed by atoms with Gasteiger partial charge in [-0.15, -0.1) is 0 Å². The van der Waals surface area contributed by atoms with E-state index >= 15 is 0 Å². The lowest BCUT2D eigenvalue weighted by Crippen LogP contribution is -2.64. The minimum atomic E-state index is -1.16. The van der Waals surface area contributed by atoms with Crippen LogP contribution in [0.4, 0.5) is 4.79 Å². The number of imidazole rings is 1. The number of hydrogen-bond acceptors (Lipinski definition) is 9. The number of primary amides is 1. The SMILES string of the molecule is C[C@H](NC(=O)[C@@H](Cc1c[nH]c2ccccc12)NC(=O)[C@@H](N)Cc1cnc[nH]1)C(=O)NN1CCCN([C@H](Cc2ccccc2)C(=O)N[C@@H](CCCCN)C(N)=O)C1=O. The van der Waals surface area contributed by atoms with Gasteiger partial charge in [-0.25, -0.2) is 14.8 Å². The summed E-state index contributed by atoms with van der Waals surface area (Å²) in [6, 6.07) is 10.7. The number of hydrazine groups is 1. The molecule has 0 aliphatic carbocycles. The van der Waals surface area contributed by atoms with Gasteiger partial charge >= 0.3 is 6.03 Å². The van der Waals surface area contributed by atoms with Crippen LogP contribution in [-0.4, -0.2) is 110 Å². The Kier molecular flexibility index (Phi) is 14.7. The van der Waals surface area contributed by atoms with Crippen LogP contribution in [0.15, 0.2) is 73.3 Å². The molecule has 0 unspecified atom stereocenters. The largest absolute Gasteiger partial charge is 0.368 e. The molecule has 57 heavy (non-hydrogen) atoms. The molecule has 1 saturated heterocycles. The van der Waals surface area contributed by atoms with E-state index in [2.05, 4.69) is 36.3 Å². The molecule has 1 fully saturated rings. The third-order valence-electron chi connectivity index (χ3n) is 9.88. The molecule has 304 valence electrons. The minimum Gasteiger partial charge on any atom is -0.368 e. The summed E-state index contributed by atoms with van der Waals surface area (Å²) in [6.07, 6.45) is 7.07. The highest BCUT2D eigenvalue weighted by Crippen LogP contribution is 2.20. The number of urea groups is 1. The standard InChI is InChI=1S/C39H52N12O6/c1-24(46-37(55)32(19-26-21-44-30-13-6-5-12-28(26)30)48-36(54)29(41)20-27-22-43-23-45-27)35(53)49-51-17-9-16-50(39(51)57)33(18-25-10-3-2-4-11-25)38(56)47-31(34(42)52)14-7-8-15-40/h2-6,10-13,21-24,29,31-33,44H,7-9,14-20,40-41H2,1H3,(H2,42,52)(H,43,45)(H,46,55)(H,47,56)(H,48,54)(H,49,53)/t24-,29-,31-,32+,33+/m0/s1. The van der Waals surface area contributed by atoms with E-state index in [9.17, 15) is 28.8 Å². The first kappa shape index (κ1) is 41.9. The van der Waals surface area contributed by atoms with Gasteiger partial charge in [0.2, 0.25) is 23.6 Å². The zero-order chi connectivity index (χ0) is 40.9. The van der Waals surface area contributed by atoms with Crippen molar-refractivity contribution in [3.05, 3.63) is 90.1 Å². The van der Waals surface area contributed by atoms with Crippen molar-refractivity contribution in [2.24, 2.45) is 17.2 Å². The summed E-state index contributed by atoms with van der Waals surface area (Å²) < 4.78 is 0. The van der Waals surface area contributed by atoms with Gasteiger partial charge in [-0.05, 0) is 56.3 Å². The third-order valence-corrected chi connectivity index (χ3v) is 9.88. The number of nitrogens with two attached hydrogens (primary N) is 3. The molecule has 0 spiro atoms. The monoisotopic (exact) mass is 784 g/mol. The number of aromatic amines is 2. The Balaban J connectivity index is 1.27. The van der Waals surface area contributed by atoms with Crippen LogP contribution in [0.1, 0.15) is 49.4 Å². The average Bonchev–Trinajstić information content (AvgIpc) is 3.87. The van der Waals surface area contributed by atoms with Crippen molar-refractivity contribution in [3.8, 4) is 0 Å². The first-order chi connectivity index (χ1) is 27.4. The van der Waals surface area contributed by atoms with Crippen molar-refractivity contribution in [1.82, 2.24) is 46.2 Å². The molecule has 0 bridgehead atoms. The first-order valence-corrected chi connectivity index (χ1v) is 19.1. The minimum absolute atomic E-state index is 0.0841. The number of aromatic nitrogens is 3. The summed E-state index contributed by atoms with van der Waals surface area (Å²) in [4.78, 5) is 92.0. The van der Waals surface area contributed by atoms with E-state index in [1.54, 1.807) is 12.4 Å². The molecular weight excluding hydrogens is 733 g/mol. The van der Waals surface area contributed by atoms with Crippen molar-refractivity contribution in [1.29, 1.82) is 0 Å². The second-order valence-corrected chi connectivity index (χ2v) is 14.2. The number of fused-ring (bicyclic) bond motifs is 1. The van der Waals surface area contributed by atoms with Crippen molar-refractivity contribution in [2.45, 2.75) is 82.1 Å². The lowest BCUT2D eigenvalue weighted by Gasteiger charge is -2.40. The number of carbonyl (C=O) groups is 6. The predicted molar refractivity (Wildman–Crippen MR) is 211 cm³/mol. The number of amides is 7. The van der Waals surface area contributed by atoms with Crippen molar-refractivity contribution in [3.63, 3.8) is 0 Å². The highest BCUT2D eigenvalue weighted by molar-refractivity contribution is 5.95. The number of nitrogens with one attached hydrogen (secondary N) is 6. The van der Waals surface area contributed by atoms with Gasteiger partial charge in [-0.3, -0.25) is 29.4 Å². The maximum atomic E-state index is 14.0. The molecule has 2 aromatic heterocycles. The molecule has 5 atom stereocenters. The Labute approximate surface area is 330 Å². The van der Waals surface area contributed by atoms with Crippen LogP contribution in [0.2, 0.25) is 0 Å². The van der Waals surface area contributed by atoms with Gasteiger partial charge in [-0.1, -0.05) is 48.5 Å². The molecule has 18 nitrogen and oxygen atoms in total. The van der Waals surface area contributed by atoms with Crippen LogP contribution in [0.5, 0.6) is 0 Å². The third kappa shape index (κ3) is 11.4. The number of H-pyrrole nitrogens is 2. The van der Waals surface area contributed by atoms with Gasteiger partial charge in [-0.2, -0.15) is 0 Å². The fourth-order valence-corrected chi connectivity index (χ4v) is 6.71. The van der Waals surface area contributed by atoms with Crippen LogP contribution in [0.3, 0.4) is 0 Å². The molecule has 1 aliphatic heterocycles. The molecule has 12 N–H and O–H groups in total. The smallest absolute Gasteiger partial charge is 0.339 e. The second kappa shape index (κ2) is 20.1. The zero-order valence-corrected chi connectivity index (χ0v) is 31.9. The molecule has 0 saturated carbocycles. The van der Waals surface area contributed by atoms with E-state index in [1.165, 1.54) is 18.2 Å². The number of nitrogens with zero attached hydrogens (tertiary/aromatic N) is 3. The summed E-state index contributed by atoms with van der Waals surface area (Å²) >= 11 is 0. The Morgan fingerprint density at radius 3 is 2.30 bits per heavy atom. The van der Waals surface area contributed by atoms with Crippen LogP contribution in [0.25, 0.3) is 10.9 Å². The maximum absolute atomic E-state index is 14.0. The van der Waals surface area contributed by atoms with Gasteiger partial charge in [0, 0.05) is 61.3 Å². The summed E-state index contributed by atoms with van der Waals surface area (Å²) in [6.45, 7) is 2.22. The fourth-order valence-electron chi connectivity index (χ4n) is 6.71. The van der Waals surface area contributed by atoms with E-state index < -0.39 is 65.8 Å². The zero-order valence-electron chi connectivity index (χ0n) is 31.9. The van der Waals surface area contributed by atoms with Crippen LogP contribution >= 0.6 is 0 Å². The van der Waals surface area contributed by atoms with Gasteiger partial charge in [0.25, 0.3) is 5.91 Å². The molecule has 1 aliphatic rings. The second-order valence-electron chi connectivity index (χ2n) is 14.2. The highest BCUT2D eigenvalue weighted by Gasteiger charge is 2.38. The number of benzene rings is 2. The van der Waals surface area contributed by atoms with Gasteiger partial charge in [0.1, 0.15) is 24.2 Å². The molecule has 2 aromatic carbocycles. The number of rotatable bonds is 20. The highest BCUT2D eigenvalue weighted by atomic mass is 16.2. The number of carbonyl (C=O) groups excluding carboxylic acids is 6. The Morgan fingerprint density at radius 1 is 0.842 bits per heavy atom. The molecule has 5 rings (SSSR count). The fraction of sp³-hybridized carbons (Fsp3) is 0.410. The summed E-state index contributed by atoms with van der Waals surface area (Å²) in [5.74, 6) is -3.19. The van der Waals surface area contributed by atoms with Gasteiger partial charge < -0.3 is 48.0 Å². The predicted octanol–water partition coefficient (Wildman–Crippen LogP) is -0.138. The van der Waals surface area contributed by atoms with Crippen molar-refractivity contribution in [2.75, 3.05) is 19.6 Å². The molecule has 4 aromatic rings. The normalized spacial score (nSPS) is 15.6. The number of para-hydroxylation sites is 1. The Hall–Kier alpha value is -6.27. The van der Waals surface area contributed by atoms with Crippen molar-refractivity contribution < 1.29 is 28.8 Å². The van der Waals surface area contributed by atoms with E-state index in [0.717, 1.165) is 27.0 Å². The molecule has 0 radical (unpaired) electrons. The summed E-state index contributed by atoms with van der Waals surface area (Å²) in [5.41, 5.74) is 23.0. The maximum Gasteiger partial charge on any atom is 0.339 e. The molecule has 3 heterocycles. The average molecular weight is 785 g/mol. The first-order valence-electron chi connectivity index (χ1n) is 19.1. The number of unbranched alkanes of at least 4 members (excludes halogenated alkanes) is 1. The Bertz CT molecular complexity index is 1990. The topological polar surface area (TPSA) is 280 Å². The van der Waals surface area contributed by atoms with Gasteiger partial charge in [0.15, 0.2) is 0 Å². The summed E-state index contributed by atoms with van der Waals surface area (Å²) in [5, 5.41) is 10.1. The lowest BCUT2D eigenvalue weighted by molar-refractivity contribution is -0.134. The van der Waals surface area contributed by atoms with Gasteiger partial charge in [0.05, 0.1) is 12.4 Å². The molecular formula is C39H52N12O6. The van der Waals surface area contributed by atoms with Crippen molar-refractivity contribution >= 4 is 46.5 Å². The molecule has 7 amide bonds. The Morgan fingerprint density at radius 2 is 1.58 bits per heavy atom. The van der Waals surface area contributed by atoms with E-state index in [0.29, 0.717) is 37.9 Å². The van der Waals surface area contributed by atoms with E-state index in [1.807, 2.05) is 54.6 Å². The summed E-state index contributed by atoms with van der Waals surface area (Å²) in [7, 11) is 0. The van der Waals surface area contributed by atoms with E-state index in [4.69, 9.17) is 17.2 Å². The number of hydrogen-bond donors (Lipinski definition) is 9. The van der Waals surface area contributed by atoms with Crippen LogP contribution < -0.4 is 38.6 Å². The molecule has 18 heteroatoms.